The van der Waals surface area contributed by atoms with Gasteiger partial charge in [-0.15, -0.1) is 0 Å². The van der Waals surface area contributed by atoms with Gasteiger partial charge in [0.1, 0.15) is 0 Å². The fraction of sp³-hybridized carbons (Fsp3) is 0.0652. The van der Waals surface area contributed by atoms with Crippen LogP contribution in [0.25, 0.3) is 83.4 Å². The van der Waals surface area contributed by atoms with Gasteiger partial charge in [-0.2, -0.15) is 0 Å². The van der Waals surface area contributed by atoms with E-state index in [0.717, 1.165) is 39.3 Å². The number of hydrogen-bond donors (Lipinski definition) is 0. The van der Waals surface area contributed by atoms with Crippen LogP contribution in [-0.4, -0.2) is 19.5 Å². The second-order valence-electron chi connectivity index (χ2n) is 13.6. The number of para-hydroxylation sites is 1. The van der Waals surface area contributed by atoms with Gasteiger partial charge >= 0.3 is 0 Å². The van der Waals surface area contributed by atoms with Crippen LogP contribution in [-0.2, 0) is 5.41 Å². The first kappa shape index (κ1) is 28.6. The minimum Gasteiger partial charge on any atom is -0.309 e. The van der Waals surface area contributed by atoms with Crippen LogP contribution in [0.2, 0.25) is 0 Å². The Kier molecular flexibility index (Phi) is 6.19. The van der Waals surface area contributed by atoms with Gasteiger partial charge in [0.2, 0.25) is 0 Å². The molecule has 0 amide bonds. The van der Waals surface area contributed by atoms with Gasteiger partial charge in [-0.25, -0.2) is 9.97 Å². The highest BCUT2D eigenvalue weighted by molar-refractivity contribution is 6.26. The Balaban J connectivity index is 1.22. The van der Waals surface area contributed by atoms with Crippen LogP contribution < -0.4 is 0 Å². The molecule has 1 aliphatic rings. The van der Waals surface area contributed by atoms with Crippen LogP contribution in [0.15, 0.2) is 158 Å². The first-order chi connectivity index (χ1) is 24.6. The van der Waals surface area contributed by atoms with E-state index in [9.17, 15) is 0 Å². The minimum atomic E-state index is -0.197. The molecule has 3 heterocycles. The standard InChI is InChI=1S/C46H32N4/c1-46(2)36-21-11-9-18-33(36)41-42(46)43-35(20-13-27-47-43)40-34-19-10-12-22-39(34)50(44(40)41)32-25-23-30(24-26-32)38-28-37(29-14-5-3-6-15-29)48-45(49-38)31-16-7-4-8-17-31/h3-28H,1-2H3. The molecule has 0 atom stereocenters. The molecular weight excluding hydrogens is 609 g/mol. The van der Waals surface area contributed by atoms with E-state index in [1.54, 1.807) is 0 Å². The van der Waals surface area contributed by atoms with E-state index in [0.29, 0.717) is 5.82 Å². The van der Waals surface area contributed by atoms with Crippen LogP contribution in [0.5, 0.6) is 0 Å². The molecule has 9 aromatic rings. The summed E-state index contributed by atoms with van der Waals surface area (Å²) < 4.78 is 2.46. The number of benzene rings is 6. The van der Waals surface area contributed by atoms with E-state index in [1.807, 2.05) is 30.5 Å². The maximum absolute atomic E-state index is 5.09. The summed E-state index contributed by atoms with van der Waals surface area (Å²) in [6.07, 6.45) is 1.94. The second kappa shape index (κ2) is 10.8. The zero-order valence-corrected chi connectivity index (χ0v) is 27.8. The molecule has 0 fully saturated rings. The van der Waals surface area contributed by atoms with Crippen LogP contribution in [0.1, 0.15) is 25.0 Å². The van der Waals surface area contributed by atoms with E-state index in [1.165, 1.54) is 49.4 Å². The molecule has 6 aromatic carbocycles. The number of nitrogens with zero attached hydrogens (tertiary/aromatic N) is 4. The highest BCUT2D eigenvalue weighted by atomic mass is 15.0. The van der Waals surface area contributed by atoms with Gasteiger partial charge in [0.05, 0.1) is 27.9 Å². The fourth-order valence-corrected chi connectivity index (χ4v) is 8.16. The largest absolute Gasteiger partial charge is 0.309 e. The summed E-state index contributed by atoms with van der Waals surface area (Å²) in [6.45, 7) is 4.68. The van der Waals surface area contributed by atoms with E-state index >= 15 is 0 Å². The topological polar surface area (TPSA) is 43.6 Å². The lowest BCUT2D eigenvalue weighted by molar-refractivity contribution is 0.665. The SMILES string of the molecule is CC1(C)c2ccccc2-c2c1c1ncccc1c1c3ccccc3n(-c3ccc(-c4cc(-c5ccccc5)nc(-c5ccccc5)n4)cc3)c21. The van der Waals surface area contributed by atoms with Crippen molar-refractivity contribution in [3.05, 3.63) is 169 Å². The lowest BCUT2D eigenvalue weighted by Crippen LogP contribution is -2.16. The lowest BCUT2D eigenvalue weighted by atomic mass is 9.81. The molecule has 0 saturated heterocycles. The van der Waals surface area contributed by atoms with E-state index in [4.69, 9.17) is 15.0 Å². The predicted octanol–water partition coefficient (Wildman–Crippen LogP) is 11.4. The maximum atomic E-state index is 5.09. The molecule has 50 heavy (non-hydrogen) atoms. The smallest absolute Gasteiger partial charge is 0.160 e. The van der Waals surface area contributed by atoms with Crippen molar-refractivity contribution >= 4 is 32.7 Å². The molecule has 0 bridgehead atoms. The van der Waals surface area contributed by atoms with E-state index in [-0.39, 0.29) is 5.41 Å². The molecule has 10 rings (SSSR count). The third-order valence-electron chi connectivity index (χ3n) is 10.4. The summed E-state index contributed by atoms with van der Waals surface area (Å²) in [4.78, 5) is 15.1. The average Bonchev–Trinajstić information content (AvgIpc) is 3.65. The maximum Gasteiger partial charge on any atom is 0.160 e. The zero-order valence-electron chi connectivity index (χ0n) is 27.8. The Morgan fingerprint density at radius 3 is 1.94 bits per heavy atom. The Morgan fingerprint density at radius 2 is 1.18 bits per heavy atom. The number of fused-ring (bicyclic) bond motifs is 10. The van der Waals surface area contributed by atoms with Crippen molar-refractivity contribution in [2.45, 2.75) is 19.3 Å². The Bertz CT molecular complexity index is 2700. The third-order valence-corrected chi connectivity index (χ3v) is 10.4. The summed E-state index contributed by atoms with van der Waals surface area (Å²) in [5.41, 5.74) is 14.5. The normalized spacial score (nSPS) is 13.2. The van der Waals surface area contributed by atoms with Crippen LogP contribution >= 0.6 is 0 Å². The molecule has 0 N–H and O–H groups in total. The van der Waals surface area contributed by atoms with Crippen LogP contribution in [0.4, 0.5) is 0 Å². The molecule has 236 valence electrons. The zero-order chi connectivity index (χ0) is 33.4. The van der Waals surface area contributed by atoms with Crippen molar-refractivity contribution in [3.63, 3.8) is 0 Å². The van der Waals surface area contributed by atoms with Crippen LogP contribution in [0.3, 0.4) is 0 Å². The van der Waals surface area contributed by atoms with Gasteiger partial charge in [-0.05, 0) is 47.0 Å². The van der Waals surface area contributed by atoms with Crippen molar-refractivity contribution in [1.82, 2.24) is 19.5 Å². The van der Waals surface area contributed by atoms with Crippen molar-refractivity contribution in [2.75, 3.05) is 0 Å². The molecule has 0 saturated carbocycles. The molecule has 0 radical (unpaired) electrons. The van der Waals surface area contributed by atoms with Crippen molar-refractivity contribution in [2.24, 2.45) is 0 Å². The summed E-state index contributed by atoms with van der Waals surface area (Å²) in [7, 11) is 0. The molecule has 0 aliphatic heterocycles. The van der Waals surface area contributed by atoms with Gasteiger partial charge in [-0.3, -0.25) is 4.98 Å². The van der Waals surface area contributed by atoms with E-state index in [2.05, 4.69) is 146 Å². The van der Waals surface area contributed by atoms with Crippen molar-refractivity contribution in [1.29, 1.82) is 0 Å². The quantitative estimate of drug-likeness (QED) is 0.192. The van der Waals surface area contributed by atoms with Crippen molar-refractivity contribution in [3.8, 4) is 50.7 Å². The second-order valence-corrected chi connectivity index (χ2v) is 13.6. The molecular formula is C46H32N4. The third kappa shape index (κ3) is 4.15. The molecule has 4 nitrogen and oxygen atoms in total. The monoisotopic (exact) mass is 640 g/mol. The average molecular weight is 641 g/mol. The van der Waals surface area contributed by atoms with Crippen molar-refractivity contribution < 1.29 is 0 Å². The number of aromatic nitrogens is 4. The first-order valence-electron chi connectivity index (χ1n) is 17.1. The van der Waals surface area contributed by atoms with Gasteiger partial charge in [0.15, 0.2) is 5.82 Å². The fourth-order valence-electron chi connectivity index (χ4n) is 8.16. The predicted molar refractivity (Wildman–Crippen MR) is 206 cm³/mol. The summed E-state index contributed by atoms with van der Waals surface area (Å²) in [5.74, 6) is 0.714. The molecule has 3 aromatic heterocycles. The van der Waals surface area contributed by atoms with Gasteiger partial charge in [0, 0.05) is 55.7 Å². The number of rotatable bonds is 4. The summed E-state index contributed by atoms with van der Waals surface area (Å²) in [6, 6.07) is 53.5. The number of pyridine rings is 1. The van der Waals surface area contributed by atoms with Gasteiger partial charge in [0.25, 0.3) is 0 Å². The summed E-state index contributed by atoms with van der Waals surface area (Å²) >= 11 is 0. The lowest BCUT2D eigenvalue weighted by Gasteiger charge is -2.23. The minimum absolute atomic E-state index is 0.197. The first-order valence-corrected chi connectivity index (χ1v) is 17.1. The molecule has 0 spiro atoms. The van der Waals surface area contributed by atoms with Gasteiger partial charge < -0.3 is 4.57 Å². The highest BCUT2D eigenvalue weighted by Crippen LogP contribution is 2.55. The molecule has 1 aliphatic carbocycles. The Hall–Kier alpha value is -6.39. The molecule has 4 heteroatoms. The van der Waals surface area contributed by atoms with Crippen LogP contribution in [0, 0.1) is 0 Å². The molecule has 0 unspecified atom stereocenters. The number of hydrogen-bond acceptors (Lipinski definition) is 3. The summed E-state index contributed by atoms with van der Waals surface area (Å²) in [5, 5.41) is 3.66. The van der Waals surface area contributed by atoms with Gasteiger partial charge in [-0.1, -0.05) is 135 Å². The Morgan fingerprint density at radius 1 is 0.560 bits per heavy atom. The van der Waals surface area contributed by atoms with E-state index < -0.39 is 0 Å². The Labute approximate surface area is 290 Å². The highest BCUT2D eigenvalue weighted by Gasteiger charge is 2.40.